The minimum absolute atomic E-state index is 0.0604. The molecule has 3 heterocycles. The molecule has 1 aliphatic rings. The third-order valence-corrected chi connectivity index (χ3v) is 6.43. The highest BCUT2D eigenvalue weighted by Gasteiger charge is 2.34. The van der Waals surface area contributed by atoms with Gasteiger partial charge >= 0.3 is 0 Å². The molecule has 0 radical (unpaired) electrons. The van der Waals surface area contributed by atoms with E-state index in [1.807, 2.05) is 33.0 Å². The third-order valence-electron chi connectivity index (χ3n) is 6.43. The summed E-state index contributed by atoms with van der Waals surface area (Å²) in [6.07, 6.45) is 7.52. The number of pyridine rings is 1. The van der Waals surface area contributed by atoms with E-state index in [1.54, 1.807) is 35.5 Å². The second-order valence-electron chi connectivity index (χ2n) is 9.40. The van der Waals surface area contributed by atoms with E-state index in [4.69, 9.17) is 4.74 Å². The van der Waals surface area contributed by atoms with Crippen molar-refractivity contribution >= 4 is 17.5 Å². The molecule has 2 amide bonds. The standard InChI is InChI=1S/C27H32N6O4/c1-18-14-33(19(2)17-34)27(36)21-5-4-6-22(31-26(35)23-13-29-11-12-30-23)25(21)37-24(18)16-32(3)15-20-7-9-28-10-8-20/h4-13,18-19,24,34H,14-17H2,1-3H3,(H,31,35)/t18-,19+,24-/m1/s1. The van der Waals surface area contributed by atoms with Crippen molar-refractivity contribution in [2.45, 2.75) is 32.5 Å². The number of amides is 2. The highest BCUT2D eigenvalue weighted by atomic mass is 16.5. The highest BCUT2D eigenvalue weighted by Crippen LogP contribution is 2.35. The number of para-hydroxylation sites is 1. The van der Waals surface area contributed by atoms with E-state index < -0.39 is 5.91 Å². The number of aromatic nitrogens is 3. The van der Waals surface area contributed by atoms with Crippen LogP contribution in [-0.2, 0) is 6.54 Å². The second kappa shape index (κ2) is 11.9. The van der Waals surface area contributed by atoms with Gasteiger partial charge in [-0.3, -0.25) is 24.5 Å². The number of anilines is 1. The first-order valence-electron chi connectivity index (χ1n) is 12.2. The summed E-state index contributed by atoms with van der Waals surface area (Å²) >= 11 is 0. The van der Waals surface area contributed by atoms with Crippen molar-refractivity contribution in [3.8, 4) is 5.75 Å². The maximum atomic E-state index is 13.6. The summed E-state index contributed by atoms with van der Waals surface area (Å²) in [6, 6.07) is 8.64. The zero-order valence-corrected chi connectivity index (χ0v) is 21.2. The van der Waals surface area contributed by atoms with Gasteiger partial charge in [0.1, 0.15) is 11.8 Å². The molecule has 37 heavy (non-hydrogen) atoms. The largest absolute Gasteiger partial charge is 0.486 e. The van der Waals surface area contributed by atoms with Crippen LogP contribution in [0.25, 0.3) is 0 Å². The summed E-state index contributed by atoms with van der Waals surface area (Å²) in [6.45, 7) is 5.38. The van der Waals surface area contributed by atoms with Crippen LogP contribution < -0.4 is 10.1 Å². The predicted molar refractivity (Wildman–Crippen MR) is 138 cm³/mol. The number of rotatable bonds is 8. The molecule has 194 valence electrons. The van der Waals surface area contributed by atoms with Crippen LogP contribution in [0.15, 0.2) is 61.3 Å². The van der Waals surface area contributed by atoms with E-state index in [9.17, 15) is 14.7 Å². The molecule has 1 aromatic carbocycles. The Labute approximate surface area is 216 Å². The monoisotopic (exact) mass is 504 g/mol. The summed E-state index contributed by atoms with van der Waals surface area (Å²) in [7, 11) is 2.01. The Kier molecular flexibility index (Phi) is 8.42. The van der Waals surface area contributed by atoms with Gasteiger partial charge in [-0.25, -0.2) is 4.98 Å². The van der Waals surface area contributed by atoms with Crippen LogP contribution >= 0.6 is 0 Å². The van der Waals surface area contributed by atoms with Crippen molar-refractivity contribution in [3.05, 3.63) is 78.1 Å². The summed E-state index contributed by atoms with van der Waals surface area (Å²) in [5.41, 5.74) is 1.97. The van der Waals surface area contributed by atoms with Crippen LogP contribution in [0.2, 0.25) is 0 Å². The maximum absolute atomic E-state index is 13.6. The van der Waals surface area contributed by atoms with Gasteiger partial charge in [-0.05, 0) is 43.8 Å². The first-order chi connectivity index (χ1) is 17.9. The van der Waals surface area contributed by atoms with Gasteiger partial charge in [0.25, 0.3) is 11.8 Å². The Hall–Kier alpha value is -3.89. The van der Waals surface area contributed by atoms with Crippen molar-refractivity contribution in [2.24, 2.45) is 5.92 Å². The number of aliphatic hydroxyl groups excluding tert-OH is 1. The molecule has 0 saturated carbocycles. The fourth-order valence-corrected chi connectivity index (χ4v) is 4.33. The van der Waals surface area contributed by atoms with Gasteiger partial charge in [-0.1, -0.05) is 13.0 Å². The van der Waals surface area contributed by atoms with Gasteiger partial charge in [0.05, 0.1) is 30.1 Å². The maximum Gasteiger partial charge on any atom is 0.275 e. The average molecular weight is 505 g/mol. The lowest BCUT2D eigenvalue weighted by Crippen LogP contribution is -2.49. The molecule has 2 aromatic heterocycles. The van der Waals surface area contributed by atoms with Crippen LogP contribution in [-0.4, -0.2) is 80.6 Å². The van der Waals surface area contributed by atoms with Crippen molar-refractivity contribution in [1.82, 2.24) is 24.8 Å². The lowest BCUT2D eigenvalue weighted by atomic mass is 9.99. The third kappa shape index (κ3) is 6.28. The summed E-state index contributed by atoms with van der Waals surface area (Å²) < 4.78 is 6.54. The average Bonchev–Trinajstić information content (AvgIpc) is 2.91. The molecular weight excluding hydrogens is 472 g/mol. The molecule has 4 rings (SSSR count). The quantitative estimate of drug-likeness (QED) is 0.480. The number of hydrogen-bond acceptors (Lipinski definition) is 8. The SMILES string of the molecule is C[C@@H]1CN([C@@H](C)CO)C(=O)c2cccc(NC(=O)c3cnccn3)c2O[C@@H]1CN(C)Cc1ccncc1. The molecule has 0 fully saturated rings. The van der Waals surface area contributed by atoms with E-state index in [0.717, 1.165) is 5.56 Å². The van der Waals surface area contributed by atoms with Crippen molar-refractivity contribution < 1.29 is 19.4 Å². The first kappa shape index (κ1) is 26.2. The molecule has 2 N–H and O–H groups in total. The number of aliphatic hydroxyl groups is 1. The lowest BCUT2D eigenvalue weighted by molar-refractivity contribution is 0.0343. The zero-order chi connectivity index (χ0) is 26.4. The van der Waals surface area contributed by atoms with Crippen LogP contribution in [0.5, 0.6) is 5.75 Å². The van der Waals surface area contributed by atoms with Crippen LogP contribution in [0, 0.1) is 5.92 Å². The normalized spacial score (nSPS) is 18.4. The number of nitrogens with one attached hydrogen (secondary N) is 1. The smallest absolute Gasteiger partial charge is 0.275 e. The summed E-state index contributed by atoms with van der Waals surface area (Å²) in [4.78, 5) is 42.4. The van der Waals surface area contributed by atoms with E-state index in [0.29, 0.717) is 36.6 Å². The van der Waals surface area contributed by atoms with Gasteiger partial charge in [0.2, 0.25) is 0 Å². The molecule has 1 aliphatic heterocycles. The fraction of sp³-hybridized carbons (Fsp3) is 0.370. The number of benzene rings is 1. The van der Waals surface area contributed by atoms with E-state index >= 15 is 0 Å². The second-order valence-corrected chi connectivity index (χ2v) is 9.40. The number of carbonyl (C=O) groups excluding carboxylic acids is 2. The van der Waals surface area contributed by atoms with Crippen molar-refractivity contribution in [2.75, 3.05) is 32.1 Å². The Balaban J connectivity index is 1.67. The molecule has 0 unspecified atom stereocenters. The van der Waals surface area contributed by atoms with Crippen molar-refractivity contribution in [1.29, 1.82) is 0 Å². The minimum atomic E-state index is -0.459. The Morgan fingerprint density at radius 3 is 2.70 bits per heavy atom. The molecule has 0 aliphatic carbocycles. The topological polar surface area (TPSA) is 121 Å². The molecule has 0 saturated heterocycles. The van der Waals surface area contributed by atoms with E-state index in [2.05, 4.69) is 25.2 Å². The Bertz CT molecular complexity index is 1210. The molecule has 0 bridgehead atoms. The van der Waals surface area contributed by atoms with Gasteiger partial charge in [-0.2, -0.15) is 0 Å². The minimum Gasteiger partial charge on any atom is -0.486 e. The van der Waals surface area contributed by atoms with Crippen LogP contribution in [0.4, 0.5) is 5.69 Å². The number of likely N-dealkylation sites (N-methyl/N-ethyl adjacent to an activating group) is 1. The first-order valence-corrected chi connectivity index (χ1v) is 12.2. The number of hydrogen-bond donors (Lipinski definition) is 2. The van der Waals surface area contributed by atoms with Crippen molar-refractivity contribution in [3.63, 3.8) is 0 Å². The predicted octanol–water partition coefficient (Wildman–Crippen LogP) is 2.48. The molecule has 3 aromatic rings. The van der Waals surface area contributed by atoms with Crippen LogP contribution in [0.3, 0.4) is 0 Å². The molecule has 10 heteroatoms. The highest BCUT2D eigenvalue weighted by molar-refractivity contribution is 6.06. The number of carbonyl (C=O) groups is 2. The lowest BCUT2D eigenvalue weighted by Gasteiger charge is -2.38. The molecule has 3 atom stereocenters. The van der Waals surface area contributed by atoms with Gasteiger partial charge in [-0.15, -0.1) is 0 Å². The van der Waals surface area contributed by atoms with E-state index in [1.165, 1.54) is 18.6 Å². The number of nitrogens with zero attached hydrogens (tertiary/aromatic N) is 5. The van der Waals surface area contributed by atoms with E-state index in [-0.39, 0.29) is 36.3 Å². The molecular formula is C27H32N6O4. The fourth-order valence-electron chi connectivity index (χ4n) is 4.33. The Morgan fingerprint density at radius 1 is 1.22 bits per heavy atom. The summed E-state index contributed by atoms with van der Waals surface area (Å²) in [5.74, 6) is -0.481. The molecule has 10 nitrogen and oxygen atoms in total. The summed E-state index contributed by atoms with van der Waals surface area (Å²) in [5, 5.41) is 12.7. The molecule has 0 spiro atoms. The Morgan fingerprint density at radius 2 is 2.00 bits per heavy atom. The van der Waals surface area contributed by atoms with Crippen LogP contribution in [0.1, 0.15) is 40.3 Å². The number of fused-ring (bicyclic) bond motifs is 1. The van der Waals surface area contributed by atoms with Gasteiger partial charge < -0.3 is 20.1 Å². The van der Waals surface area contributed by atoms with Gasteiger partial charge in [0.15, 0.2) is 5.75 Å². The number of ether oxygens (including phenoxy) is 1. The zero-order valence-electron chi connectivity index (χ0n) is 21.2. The van der Waals surface area contributed by atoms with Gasteiger partial charge in [0, 0.05) is 50.3 Å².